The van der Waals surface area contributed by atoms with Crippen molar-refractivity contribution in [2.75, 3.05) is 7.11 Å². The number of ether oxygens (including phenoxy) is 1. The molecule has 0 saturated heterocycles. The monoisotopic (exact) mass is 360 g/mol. The van der Waals surface area contributed by atoms with Crippen molar-refractivity contribution in [2.45, 2.75) is 12.8 Å². The molecular formula is C21H20N4O2. The lowest BCUT2D eigenvalue weighted by molar-refractivity contribution is -0.122. The number of para-hydroxylation sites is 2. The Hall–Kier alpha value is -3.41. The molecule has 3 aromatic rings. The fraction of sp³-hybridized carbons (Fsp3) is 0.190. The summed E-state index contributed by atoms with van der Waals surface area (Å²) >= 11 is 0. The molecule has 1 heterocycles. The molecule has 1 saturated carbocycles. The molecular weight excluding hydrogens is 340 g/mol. The lowest BCUT2D eigenvalue weighted by Gasteiger charge is -2.06. The van der Waals surface area contributed by atoms with Gasteiger partial charge in [0.2, 0.25) is 5.91 Å². The van der Waals surface area contributed by atoms with Crippen LogP contribution in [0.5, 0.6) is 5.75 Å². The summed E-state index contributed by atoms with van der Waals surface area (Å²) in [5, 5.41) is 8.87. The fourth-order valence-electron chi connectivity index (χ4n) is 2.85. The molecule has 0 aliphatic heterocycles. The molecule has 1 fully saturated rings. The van der Waals surface area contributed by atoms with Crippen LogP contribution in [0.15, 0.2) is 65.9 Å². The van der Waals surface area contributed by atoms with Crippen LogP contribution in [0.1, 0.15) is 18.4 Å². The minimum Gasteiger partial charge on any atom is -0.496 e. The standard InChI is InChI=1S/C21H20N4O2/c1-27-19-10-6-5-9-18(19)20-16(13-22-23-21(26)15-11-12-15)14-25(24-20)17-7-3-2-4-8-17/h2-10,13-15H,11-12H2,1H3,(H,23,26)/b22-13-. The predicted octanol–water partition coefficient (Wildman–Crippen LogP) is 3.41. The number of aromatic nitrogens is 2. The van der Waals surface area contributed by atoms with Gasteiger partial charge in [-0.25, -0.2) is 10.1 Å². The number of hydrogen-bond donors (Lipinski definition) is 1. The van der Waals surface area contributed by atoms with Gasteiger partial charge in [-0.3, -0.25) is 4.79 Å². The van der Waals surface area contributed by atoms with E-state index >= 15 is 0 Å². The zero-order valence-electron chi connectivity index (χ0n) is 15.0. The zero-order valence-corrected chi connectivity index (χ0v) is 15.0. The number of methoxy groups -OCH3 is 1. The highest BCUT2D eigenvalue weighted by Gasteiger charge is 2.29. The highest BCUT2D eigenvalue weighted by molar-refractivity contribution is 5.91. The minimum atomic E-state index is -0.0273. The first-order valence-corrected chi connectivity index (χ1v) is 8.87. The van der Waals surface area contributed by atoms with Crippen LogP contribution in [0.3, 0.4) is 0 Å². The van der Waals surface area contributed by atoms with Gasteiger partial charge in [-0.05, 0) is 37.1 Å². The summed E-state index contributed by atoms with van der Waals surface area (Å²) in [5.74, 6) is 0.816. The Kier molecular flexibility index (Phi) is 4.70. The highest BCUT2D eigenvalue weighted by Crippen LogP contribution is 2.31. The van der Waals surface area contributed by atoms with Gasteiger partial charge in [0.05, 0.1) is 19.0 Å². The molecule has 1 aliphatic rings. The average Bonchev–Trinajstić information content (AvgIpc) is 3.49. The average molecular weight is 360 g/mol. The van der Waals surface area contributed by atoms with Gasteiger partial charge in [-0.2, -0.15) is 10.2 Å². The van der Waals surface area contributed by atoms with Crippen molar-refractivity contribution in [3.05, 3.63) is 66.4 Å². The zero-order chi connectivity index (χ0) is 18.6. The van der Waals surface area contributed by atoms with Crippen LogP contribution < -0.4 is 10.2 Å². The van der Waals surface area contributed by atoms with Crippen molar-refractivity contribution >= 4 is 12.1 Å². The Balaban J connectivity index is 1.72. The third-order valence-electron chi connectivity index (χ3n) is 4.45. The van der Waals surface area contributed by atoms with Crippen molar-refractivity contribution in [1.29, 1.82) is 0 Å². The van der Waals surface area contributed by atoms with Crippen molar-refractivity contribution in [1.82, 2.24) is 15.2 Å². The first-order valence-electron chi connectivity index (χ1n) is 8.87. The van der Waals surface area contributed by atoms with Gasteiger partial charge in [0.25, 0.3) is 0 Å². The van der Waals surface area contributed by atoms with Gasteiger partial charge in [-0.15, -0.1) is 0 Å². The number of rotatable bonds is 6. The van der Waals surface area contributed by atoms with E-state index in [-0.39, 0.29) is 11.8 Å². The lowest BCUT2D eigenvalue weighted by atomic mass is 10.1. The quantitative estimate of drug-likeness (QED) is 0.541. The third-order valence-corrected chi connectivity index (χ3v) is 4.45. The number of hydrogen-bond acceptors (Lipinski definition) is 4. The maximum absolute atomic E-state index is 11.8. The number of carbonyl (C=O) groups excluding carboxylic acids is 1. The van der Waals surface area contributed by atoms with Crippen molar-refractivity contribution in [3.63, 3.8) is 0 Å². The van der Waals surface area contributed by atoms with E-state index in [0.29, 0.717) is 0 Å². The van der Waals surface area contributed by atoms with Crippen LogP contribution in [-0.4, -0.2) is 29.0 Å². The second-order valence-corrected chi connectivity index (χ2v) is 6.42. The molecule has 0 radical (unpaired) electrons. The first kappa shape index (κ1) is 17.0. The van der Waals surface area contributed by atoms with E-state index in [9.17, 15) is 4.79 Å². The van der Waals surface area contributed by atoms with E-state index in [1.807, 2.05) is 60.8 Å². The summed E-state index contributed by atoms with van der Waals surface area (Å²) in [6, 6.07) is 17.6. The van der Waals surface area contributed by atoms with Gasteiger partial charge in [0, 0.05) is 23.2 Å². The van der Waals surface area contributed by atoms with Gasteiger partial charge < -0.3 is 4.74 Å². The summed E-state index contributed by atoms with van der Waals surface area (Å²) < 4.78 is 7.29. The Morgan fingerprint density at radius 3 is 2.67 bits per heavy atom. The Morgan fingerprint density at radius 2 is 1.93 bits per heavy atom. The molecule has 0 spiro atoms. The summed E-state index contributed by atoms with van der Waals surface area (Å²) in [4.78, 5) is 11.8. The molecule has 1 aromatic heterocycles. The molecule has 27 heavy (non-hydrogen) atoms. The normalized spacial score (nSPS) is 13.7. The van der Waals surface area contributed by atoms with E-state index in [0.717, 1.165) is 41.1 Å². The van der Waals surface area contributed by atoms with Gasteiger partial charge in [0.1, 0.15) is 11.4 Å². The number of hydrazone groups is 1. The predicted molar refractivity (Wildman–Crippen MR) is 104 cm³/mol. The van der Waals surface area contributed by atoms with Crippen LogP contribution in [0.25, 0.3) is 16.9 Å². The van der Waals surface area contributed by atoms with E-state index < -0.39 is 0 Å². The molecule has 6 nitrogen and oxygen atoms in total. The van der Waals surface area contributed by atoms with Crippen molar-refractivity contribution < 1.29 is 9.53 Å². The van der Waals surface area contributed by atoms with Gasteiger partial charge >= 0.3 is 0 Å². The first-order chi connectivity index (χ1) is 13.3. The summed E-state index contributed by atoms with van der Waals surface area (Å²) in [6.07, 6.45) is 5.41. The summed E-state index contributed by atoms with van der Waals surface area (Å²) in [7, 11) is 1.64. The topological polar surface area (TPSA) is 68.5 Å². The van der Waals surface area contributed by atoms with E-state index in [4.69, 9.17) is 9.84 Å². The van der Waals surface area contributed by atoms with Crippen LogP contribution in [0.4, 0.5) is 0 Å². The van der Waals surface area contributed by atoms with Crippen LogP contribution >= 0.6 is 0 Å². The third kappa shape index (κ3) is 3.74. The molecule has 6 heteroatoms. The Bertz CT molecular complexity index is 975. The van der Waals surface area contributed by atoms with E-state index in [2.05, 4.69) is 10.5 Å². The fourth-order valence-corrected chi connectivity index (χ4v) is 2.85. The van der Waals surface area contributed by atoms with Gasteiger partial charge in [-0.1, -0.05) is 30.3 Å². The minimum absolute atomic E-state index is 0.0273. The molecule has 0 bridgehead atoms. The number of benzene rings is 2. The molecule has 1 amide bonds. The molecule has 0 unspecified atom stereocenters. The largest absolute Gasteiger partial charge is 0.496 e. The number of carbonyl (C=O) groups is 1. The maximum Gasteiger partial charge on any atom is 0.243 e. The Labute approximate surface area is 157 Å². The Morgan fingerprint density at radius 1 is 1.19 bits per heavy atom. The van der Waals surface area contributed by atoms with Crippen molar-refractivity contribution in [2.24, 2.45) is 11.0 Å². The number of nitrogens with one attached hydrogen (secondary N) is 1. The number of nitrogens with zero attached hydrogens (tertiary/aromatic N) is 3. The molecule has 1 N–H and O–H groups in total. The SMILES string of the molecule is COc1ccccc1-c1nn(-c2ccccc2)cc1/C=N\NC(=O)C1CC1. The molecule has 136 valence electrons. The maximum atomic E-state index is 11.8. The van der Waals surface area contributed by atoms with Crippen LogP contribution in [0.2, 0.25) is 0 Å². The van der Waals surface area contributed by atoms with Crippen LogP contribution in [-0.2, 0) is 4.79 Å². The van der Waals surface area contributed by atoms with Gasteiger partial charge in [0.15, 0.2) is 0 Å². The second-order valence-electron chi connectivity index (χ2n) is 6.42. The summed E-state index contributed by atoms with van der Waals surface area (Å²) in [5.41, 5.74) is 5.95. The van der Waals surface area contributed by atoms with E-state index in [1.165, 1.54) is 0 Å². The molecule has 2 aromatic carbocycles. The molecule has 0 atom stereocenters. The molecule has 4 rings (SSSR count). The number of amides is 1. The highest BCUT2D eigenvalue weighted by atomic mass is 16.5. The smallest absolute Gasteiger partial charge is 0.243 e. The van der Waals surface area contributed by atoms with Crippen LogP contribution in [0, 0.1) is 5.92 Å². The van der Waals surface area contributed by atoms with E-state index in [1.54, 1.807) is 18.0 Å². The summed E-state index contributed by atoms with van der Waals surface area (Å²) in [6.45, 7) is 0. The van der Waals surface area contributed by atoms with Crippen molar-refractivity contribution in [3.8, 4) is 22.7 Å². The molecule has 1 aliphatic carbocycles. The lowest BCUT2D eigenvalue weighted by Crippen LogP contribution is -2.18. The second kappa shape index (κ2) is 7.45.